The largest absolute Gasteiger partial charge is 0.114 e. The monoisotopic (exact) mass is 172 g/mol. The van der Waals surface area contributed by atoms with Gasteiger partial charge in [-0.1, -0.05) is 43.9 Å². The number of rotatable bonds is 3. The zero-order valence-corrected chi connectivity index (χ0v) is 8.85. The predicted octanol–water partition coefficient (Wildman–Crippen LogP) is 2.17. The molecule has 1 aromatic rings. The molecule has 0 fully saturated rings. The number of benzene rings is 1. The van der Waals surface area contributed by atoms with Gasteiger partial charge in [0.2, 0.25) is 0 Å². The third kappa shape index (κ3) is 1.96. The van der Waals surface area contributed by atoms with Gasteiger partial charge in [0.25, 0.3) is 0 Å². The number of aryl methyl sites for hydroxylation is 1. The number of hydrogen-bond donors (Lipinski definition) is 0. The van der Waals surface area contributed by atoms with Crippen LogP contribution in [0.25, 0.3) is 0 Å². The fourth-order valence-electron chi connectivity index (χ4n) is 1.95. The van der Waals surface area contributed by atoms with E-state index in [-0.39, 0.29) is 0 Å². The fourth-order valence-corrected chi connectivity index (χ4v) is 1.95. The first kappa shape index (κ1) is 10.4. The molecule has 1 heteroatoms. The Hall–Kier alpha value is -0.715. The molecule has 0 nitrogen and oxygen atoms in total. The lowest BCUT2D eigenvalue weighted by Crippen LogP contribution is -2.14. The van der Waals surface area contributed by atoms with Gasteiger partial charge >= 0.3 is 0 Å². The van der Waals surface area contributed by atoms with Crippen LogP contribution >= 0.6 is 0 Å². The van der Waals surface area contributed by atoms with Crippen LogP contribution in [0.3, 0.4) is 0 Å². The van der Waals surface area contributed by atoms with E-state index in [0.717, 1.165) is 24.7 Å². The minimum Gasteiger partial charge on any atom is -0.0933 e. The van der Waals surface area contributed by atoms with Gasteiger partial charge in [-0.2, -0.15) is 0 Å². The molecule has 13 heavy (non-hydrogen) atoms. The second-order valence-electron chi connectivity index (χ2n) is 3.33. The standard InChI is InChI=1S/C12H17B/c1-4-9-7-8-12(13)11(6-3)10(9)5-2/h7-8H,4-6H2,1-3H3. The van der Waals surface area contributed by atoms with Crippen LogP contribution in [-0.2, 0) is 19.3 Å². The van der Waals surface area contributed by atoms with Gasteiger partial charge in [-0.05, 0) is 30.4 Å². The van der Waals surface area contributed by atoms with Crippen LogP contribution in [0.5, 0.6) is 0 Å². The van der Waals surface area contributed by atoms with Crippen molar-refractivity contribution in [2.75, 3.05) is 0 Å². The summed E-state index contributed by atoms with van der Waals surface area (Å²) in [7, 11) is 5.93. The second-order valence-corrected chi connectivity index (χ2v) is 3.33. The molecule has 0 amide bonds. The van der Waals surface area contributed by atoms with Crippen LogP contribution in [0.2, 0.25) is 0 Å². The lowest BCUT2D eigenvalue weighted by atomic mass is 9.83. The fraction of sp³-hybridized carbons (Fsp3) is 0.500. The molecule has 1 aromatic carbocycles. The van der Waals surface area contributed by atoms with Gasteiger partial charge in [0.1, 0.15) is 7.85 Å². The highest BCUT2D eigenvalue weighted by atomic mass is 14.1. The molecule has 0 bridgehead atoms. The van der Waals surface area contributed by atoms with Crippen LogP contribution < -0.4 is 5.46 Å². The lowest BCUT2D eigenvalue weighted by Gasteiger charge is -2.14. The maximum absolute atomic E-state index is 5.93. The van der Waals surface area contributed by atoms with E-state index in [1.807, 2.05) is 6.07 Å². The van der Waals surface area contributed by atoms with E-state index in [2.05, 4.69) is 26.8 Å². The molecule has 0 spiro atoms. The van der Waals surface area contributed by atoms with E-state index < -0.39 is 0 Å². The summed E-state index contributed by atoms with van der Waals surface area (Å²) in [6, 6.07) is 4.20. The number of hydrogen-bond acceptors (Lipinski definition) is 0. The van der Waals surface area contributed by atoms with Crippen molar-refractivity contribution in [3.05, 3.63) is 28.8 Å². The van der Waals surface area contributed by atoms with Crippen molar-refractivity contribution in [3.8, 4) is 0 Å². The summed E-state index contributed by atoms with van der Waals surface area (Å²) in [6.45, 7) is 6.57. The average Bonchev–Trinajstić information content (AvgIpc) is 2.17. The minimum atomic E-state index is 0.955. The Balaban J connectivity index is 3.27. The molecule has 0 aliphatic carbocycles. The molecule has 0 aliphatic rings. The van der Waals surface area contributed by atoms with Crippen molar-refractivity contribution < 1.29 is 0 Å². The molecule has 0 unspecified atom stereocenters. The van der Waals surface area contributed by atoms with Crippen LogP contribution in [-0.4, -0.2) is 7.85 Å². The predicted molar refractivity (Wildman–Crippen MR) is 60.0 cm³/mol. The van der Waals surface area contributed by atoms with Gasteiger partial charge in [-0.15, -0.1) is 0 Å². The van der Waals surface area contributed by atoms with Crippen molar-refractivity contribution in [3.63, 3.8) is 0 Å². The van der Waals surface area contributed by atoms with E-state index in [1.165, 1.54) is 16.7 Å². The zero-order valence-electron chi connectivity index (χ0n) is 8.85. The third-order valence-corrected chi connectivity index (χ3v) is 2.65. The Morgan fingerprint density at radius 2 is 1.54 bits per heavy atom. The molecule has 0 N–H and O–H groups in total. The van der Waals surface area contributed by atoms with E-state index in [0.29, 0.717) is 0 Å². The van der Waals surface area contributed by atoms with E-state index in [9.17, 15) is 0 Å². The first-order valence-electron chi connectivity index (χ1n) is 5.13. The Labute approximate surface area is 82.8 Å². The molecule has 1 rings (SSSR count). The van der Waals surface area contributed by atoms with Crippen LogP contribution in [0.1, 0.15) is 37.5 Å². The normalized spacial score (nSPS) is 10.4. The summed E-state index contributed by atoms with van der Waals surface area (Å²) in [5.41, 5.74) is 5.22. The summed E-state index contributed by atoms with van der Waals surface area (Å²) >= 11 is 0. The van der Waals surface area contributed by atoms with Gasteiger partial charge in [-0.25, -0.2) is 0 Å². The SMILES string of the molecule is [B]c1ccc(CC)c(CC)c1CC. The quantitative estimate of drug-likeness (QED) is 0.613. The topological polar surface area (TPSA) is 0 Å². The van der Waals surface area contributed by atoms with Gasteiger partial charge < -0.3 is 0 Å². The van der Waals surface area contributed by atoms with Crippen molar-refractivity contribution >= 4 is 13.3 Å². The molecule has 0 atom stereocenters. The molecule has 0 aliphatic heterocycles. The Morgan fingerprint density at radius 1 is 0.923 bits per heavy atom. The lowest BCUT2D eigenvalue weighted by molar-refractivity contribution is 0.988. The summed E-state index contributed by atoms with van der Waals surface area (Å²) in [5, 5.41) is 0. The molecular weight excluding hydrogens is 155 g/mol. The first-order chi connectivity index (χ1) is 6.24. The molecule has 0 saturated carbocycles. The average molecular weight is 172 g/mol. The van der Waals surface area contributed by atoms with Gasteiger partial charge in [0, 0.05) is 0 Å². The van der Waals surface area contributed by atoms with Crippen LogP contribution in [0, 0.1) is 0 Å². The summed E-state index contributed by atoms with van der Waals surface area (Å²) in [6.07, 6.45) is 3.25. The van der Waals surface area contributed by atoms with Crippen molar-refractivity contribution in [2.45, 2.75) is 40.0 Å². The van der Waals surface area contributed by atoms with E-state index in [4.69, 9.17) is 7.85 Å². The Kier molecular flexibility index (Phi) is 3.59. The molecule has 0 aromatic heterocycles. The van der Waals surface area contributed by atoms with Crippen LogP contribution in [0.15, 0.2) is 12.1 Å². The summed E-state index contributed by atoms with van der Waals surface area (Å²) in [4.78, 5) is 0. The third-order valence-electron chi connectivity index (χ3n) is 2.65. The second kappa shape index (κ2) is 4.50. The summed E-state index contributed by atoms with van der Waals surface area (Å²) < 4.78 is 0. The van der Waals surface area contributed by atoms with Gasteiger partial charge in [0.15, 0.2) is 0 Å². The van der Waals surface area contributed by atoms with Crippen LogP contribution in [0.4, 0.5) is 0 Å². The zero-order chi connectivity index (χ0) is 9.84. The maximum Gasteiger partial charge on any atom is 0.114 e. The molecule has 0 heterocycles. The molecule has 0 saturated heterocycles. The molecular formula is C12H17B. The Morgan fingerprint density at radius 3 is 2.00 bits per heavy atom. The maximum atomic E-state index is 5.93. The van der Waals surface area contributed by atoms with E-state index >= 15 is 0 Å². The molecule has 68 valence electrons. The molecule has 2 radical (unpaired) electrons. The van der Waals surface area contributed by atoms with Gasteiger partial charge in [0.05, 0.1) is 0 Å². The van der Waals surface area contributed by atoms with Gasteiger partial charge in [-0.3, -0.25) is 0 Å². The van der Waals surface area contributed by atoms with Crippen molar-refractivity contribution in [1.29, 1.82) is 0 Å². The van der Waals surface area contributed by atoms with E-state index in [1.54, 1.807) is 0 Å². The smallest absolute Gasteiger partial charge is 0.0933 e. The Bertz CT molecular complexity index is 289. The highest BCUT2D eigenvalue weighted by molar-refractivity contribution is 6.33. The minimum absolute atomic E-state index is 0.955. The van der Waals surface area contributed by atoms with Crippen molar-refractivity contribution in [1.82, 2.24) is 0 Å². The highest BCUT2D eigenvalue weighted by Crippen LogP contribution is 2.14. The highest BCUT2D eigenvalue weighted by Gasteiger charge is 2.05. The first-order valence-corrected chi connectivity index (χ1v) is 5.13. The van der Waals surface area contributed by atoms with Crippen molar-refractivity contribution in [2.24, 2.45) is 0 Å². The summed E-state index contributed by atoms with van der Waals surface area (Å²) in [5.74, 6) is 0.